The van der Waals surface area contributed by atoms with Crippen molar-refractivity contribution in [1.82, 2.24) is 9.80 Å². The van der Waals surface area contributed by atoms with Crippen LogP contribution in [0, 0.1) is 11.7 Å². The standard InChI is InChI=1S/C33H33FN2O/c34-32-16-15-30(28-13-7-8-14-29(28)32)33(37)36-22-27(31(23-36)26-11-5-2-6-12-26)21-35-19-17-25(18-20-35)24-9-3-1-4-10-24/h1-16,25,27,31H,17-23H2. The van der Waals surface area contributed by atoms with Gasteiger partial charge in [0, 0.05) is 36.5 Å². The quantitative estimate of drug-likeness (QED) is 0.309. The highest BCUT2D eigenvalue weighted by atomic mass is 19.1. The fourth-order valence-electron chi connectivity index (χ4n) is 6.42. The molecule has 2 saturated heterocycles. The predicted molar refractivity (Wildman–Crippen MR) is 147 cm³/mol. The second-order valence-corrected chi connectivity index (χ2v) is 10.6. The van der Waals surface area contributed by atoms with Gasteiger partial charge in [-0.15, -0.1) is 0 Å². The van der Waals surface area contributed by atoms with Crippen molar-refractivity contribution < 1.29 is 9.18 Å². The number of hydrogen-bond donors (Lipinski definition) is 0. The van der Waals surface area contributed by atoms with Crippen molar-refractivity contribution in [3.05, 3.63) is 120 Å². The average Bonchev–Trinajstić information content (AvgIpc) is 3.38. The minimum atomic E-state index is -0.285. The number of carbonyl (C=O) groups is 1. The molecule has 0 saturated carbocycles. The predicted octanol–water partition coefficient (Wildman–Crippen LogP) is 6.71. The molecule has 6 rings (SSSR count). The molecule has 2 aliphatic heterocycles. The molecule has 0 spiro atoms. The minimum Gasteiger partial charge on any atom is -0.338 e. The number of nitrogens with zero attached hydrogens (tertiary/aromatic N) is 2. The Hall–Kier alpha value is -3.50. The first kappa shape index (κ1) is 23.9. The highest BCUT2D eigenvalue weighted by Crippen LogP contribution is 2.36. The highest BCUT2D eigenvalue weighted by molar-refractivity contribution is 6.07. The molecule has 4 heteroatoms. The van der Waals surface area contributed by atoms with Crippen LogP contribution in [0.5, 0.6) is 0 Å². The number of amides is 1. The van der Waals surface area contributed by atoms with Crippen molar-refractivity contribution in [2.24, 2.45) is 5.92 Å². The van der Waals surface area contributed by atoms with Gasteiger partial charge in [-0.25, -0.2) is 4.39 Å². The number of likely N-dealkylation sites (tertiary alicyclic amines) is 2. The molecule has 4 aromatic carbocycles. The third-order valence-corrected chi connectivity index (χ3v) is 8.41. The molecule has 0 aliphatic carbocycles. The van der Waals surface area contributed by atoms with Crippen molar-refractivity contribution >= 4 is 16.7 Å². The van der Waals surface area contributed by atoms with Crippen LogP contribution in [0.2, 0.25) is 0 Å². The number of halogens is 1. The molecular formula is C33H33FN2O. The van der Waals surface area contributed by atoms with E-state index in [1.807, 2.05) is 23.1 Å². The van der Waals surface area contributed by atoms with Gasteiger partial charge in [0.15, 0.2) is 0 Å². The average molecular weight is 493 g/mol. The van der Waals surface area contributed by atoms with Crippen LogP contribution in [0.4, 0.5) is 4.39 Å². The first-order chi connectivity index (χ1) is 18.2. The molecule has 1 amide bonds. The van der Waals surface area contributed by atoms with E-state index in [-0.39, 0.29) is 11.7 Å². The Labute approximate surface area is 218 Å². The zero-order valence-corrected chi connectivity index (χ0v) is 21.1. The maximum Gasteiger partial charge on any atom is 0.254 e. The molecule has 2 heterocycles. The van der Waals surface area contributed by atoms with Gasteiger partial charge in [-0.05, 0) is 66.4 Å². The van der Waals surface area contributed by atoms with E-state index in [0.717, 1.165) is 26.2 Å². The zero-order chi connectivity index (χ0) is 25.2. The SMILES string of the molecule is O=C(c1ccc(F)c2ccccc12)N1CC(CN2CCC(c3ccccc3)CC2)C(c2ccccc2)C1. The molecule has 2 unspecified atom stereocenters. The first-order valence-corrected chi connectivity index (χ1v) is 13.5. The molecule has 4 aromatic rings. The van der Waals surface area contributed by atoms with E-state index in [0.29, 0.717) is 40.6 Å². The highest BCUT2D eigenvalue weighted by Gasteiger charge is 2.38. The Morgan fingerprint density at radius 1 is 0.730 bits per heavy atom. The van der Waals surface area contributed by atoms with Crippen molar-refractivity contribution in [2.75, 3.05) is 32.7 Å². The number of rotatable bonds is 5. The summed E-state index contributed by atoms with van der Waals surface area (Å²) in [7, 11) is 0. The van der Waals surface area contributed by atoms with Crippen molar-refractivity contribution in [3.63, 3.8) is 0 Å². The third-order valence-electron chi connectivity index (χ3n) is 8.41. The van der Waals surface area contributed by atoms with Crippen LogP contribution in [0.15, 0.2) is 97.1 Å². The molecule has 0 N–H and O–H groups in total. The molecule has 0 bridgehead atoms. The Morgan fingerprint density at radius 3 is 2.05 bits per heavy atom. The maximum absolute atomic E-state index is 14.4. The van der Waals surface area contributed by atoms with Crippen LogP contribution in [-0.2, 0) is 0 Å². The topological polar surface area (TPSA) is 23.6 Å². The summed E-state index contributed by atoms with van der Waals surface area (Å²) in [6.45, 7) is 4.60. The van der Waals surface area contributed by atoms with Gasteiger partial charge >= 0.3 is 0 Å². The summed E-state index contributed by atoms with van der Waals surface area (Å²) in [5, 5.41) is 1.19. The van der Waals surface area contributed by atoms with Crippen LogP contribution in [0.25, 0.3) is 10.8 Å². The van der Waals surface area contributed by atoms with Crippen molar-refractivity contribution in [1.29, 1.82) is 0 Å². The van der Waals surface area contributed by atoms with Crippen LogP contribution < -0.4 is 0 Å². The van der Waals surface area contributed by atoms with Crippen LogP contribution in [0.1, 0.15) is 46.2 Å². The molecule has 0 radical (unpaired) electrons. The fraction of sp³-hybridized carbons (Fsp3) is 0.303. The lowest BCUT2D eigenvalue weighted by Crippen LogP contribution is -2.38. The van der Waals surface area contributed by atoms with Gasteiger partial charge in [-0.1, -0.05) is 84.9 Å². The third kappa shape index (κ3) is 4.91. The Kier molecular flexibility index (Phi) is 6.75. The smallest absolute Gasteiger partial charge is 0.254 e. The Bertz CT molecular complexity index is 1370. The van der Waals surface area contributed by atoms with Gasteiger partial charge in [-0.2, -0.15) is 0 Å². The van der Waals surface area contributed by atoms with E-state index in [1.165, 1.54) is 30.0 Å². The van der Waals surface area contributed by atoms with E-state index in [2.05, 4.69) is 65.6 Å². The van der Waals surface area contributed by atoms with Gasteiger partial charge in [0.25, 0.3) is 5.91 Å². The van der Waals surface area contributed by atoms with Gasteiger partial charge < -0.3 is 9.80 Å². The van der Waals surface area contributed by atoms with Crippen LogP contribution >= 0.6 is 0 Å². The van der Waals surface area contributed by atoms with Crippen LogP contribution in [0.3, 0.4) is 0 Å². The van der Waals surface area contributed by atoms with Crippen molar-refractivity contribution in [3.8, 4) is 0 Å². The van der Waals surface area contributed by atoms with Gasteiger partial charge in [0.05, 0.1) is 0 Å². The van der Waals surface area contributed by atoms with Crippen molar-refractivity contribution in [2.45, 2.75) is 24.7 Å². The summed E-state index contributed by atoms with van der Waals surface area (Å²) in [5.74, 6) is 1.01. The molecule has 188 valence electrons. The molecule has 2 aliphatic rings. The number of piperidine rings is 1. The number of benzene rings is 4. The summed E-state index contributed by atoms with van der Waals surface area (Å²) in [4.78, 5) is 18.4. The summed E-state index contributed by atoms with van der Waals surface area (Å²) >= 11 is 0. The minimum absolute atomic E-state index is 0.00224. The molecular weight excluding hydrogens is 459 g/mol. The molecule has 37 heavy (non-hydrogen) atoms. The summed E-state index contributed by atoms with van der Waals surface area (Å²) in [6.07, 6.45) is 2.36. The lowest BCUT2D eigenvalue weighted by atomic mass is 9.86. The van der Waals surface area contributed by atoms with E-state index >= 15 is 0 Å². The van der Waals surface area contributed by atoms with E-state index in [1.54, 1.807) is 12.1 Å². The first-order valence-electron chi connectivity index (χ1n) is 13.5. The molecule has 2 atom stereocenters. The Morgan fingerprint density at radius 2 is 1.35 bits per heavy atom. The van der Waals surface area contributed by atoms with Gasteiger partial charge in [-0.3, -0.25) is 4.79 Å². The monoisotopic (exact) mass is 492 g/mol. The van der Waals surface area contributed by atoms with E-state index in [9.17, 15) is 9.18 Å². The normalized spacial score (nSPS) is 20.9. The zero-order valence-electron chi connectivity index (χ0n) is 21.1. The molecule has 3 nitrogen and oxygen atoms in total. The largest absolute Gasteiger partial charge is 0.338 e. The van der Waals surface area contributed by atoms with Gasteiger partial charge in [0.2, 0.25) is 0 Å². The lowest BCUT2D eigenvalue weighted by molar-refractivity contribution is 0.0783. The second kappa shape index (κ2) is 10.5. The van der Waals surface area contributed by atoms with E-state index in [4.69, 9.17) is 0 Å². The Balaban J connectivity index is 1.20. The summed E-state index contributed by atoms with van der Waals surface area (Å²) in [5.41, 5.74) is 3.34. The van der Waals surface area contributed by atoms with E-state index < -0.39 is 0 Å². The molecule has 0 aromatic heterocycles. The summed E-state index contributed by atoms with van der Waals surface area (Å²) in [6, 6.07) is 31.9. The number of fused-ring (bicyclic) bond motifs is 1. The summed E-state index contributed by atoms with van der Waals surface area (Å²) < 4.78 is 14.4. The number of hydrogen-bond acceptors (Lipinski definition) is 2. The number of carbonyl (C=O) groups excluding carboxylic acids is 1. The van der Waals surface area contributed by atoms with Crippen LogP contribution in [-0.4, -0.2) is 48.4 Å². The molecule has 2 fully saturated rings. The van der Waals surface area contributed by atoms with Gasteiger partial charge in [0.1, 0.15) is 5.82 Å². The second-order valence-electron chi connectivity index (χ2n) is 10.6. The maximum atomic E-state index is 14.4. The fourth-order valence-corrected chi connectivity index (χ4v) is 6.42. The lowest BCUT2D eigenvalue weighted by Gasteiger charge is -2.34.